The molecule has 2 N–H and O–H groups in total. The summed E-state index contributed by atoms with van der Waals surface area (Å²) < 4.78 is 3.08. The van der Waals surface area contributed by atoms with Gasteiger partial charge in [-0.3, -0.25) is 9.20 Å². The Morgan fingerprint density at radius 3 is 2.73 bits per heavy atom. The van der Waals surface area contributed by atoms with Crippen LogP contribution in [0.1, 0.15) is 17.0 Å². The molecule has 4 rings (SSSR count). The third-order valence-corrected chi connectivity index (χ3v) is 5.87. The fourth-order valence-electron chi connectivity index (χ4n) is 2.59. The average molecular weight is 384 g/mol. The van der Waals surface area contributed by atoms with Crippen molar-refractivity contribution in [1.82, 2.24) is 24.3 Å². The summed E-state index contributed by atoms with van der Waals surface area (Å²) >= 11 is 2.86. The van der Waals surface area contributed by atoms with E-state index in [1.165, 1.54) is 33.3 Å². The van der Waals surface area contributed by atoms with Crippen molar-refractivity contribution in [3.63, 3.8) is 0 Å². The Bertz CT molecular complexity index is 1140. The molecule has 4 aromatic rings. The number of fused-ring (bicyclic) bond motifs is 1. The molecule has 0 saturated carbocycles. The molecular weight excluding hydrogens is 368 g/mol. The lowest BCUT2D eigenvalue weighted by Gasteiger charge is -2.04. The summed E-state index contributed by atoms with van der Waals surface area (Å²) in [5.41, 5.74) is 3.60. The number of thioether (sulfide) groups is 1. The Kier molecular flexibility index (Phi) is 4.25. The second-order valence-electron chi connectivity index (χ2n) is 5.91. The van der Waals surface area contributed by atoms with Crippen LogP contribution in [0.2, 0.25) is 0 Å². The van der Waals surface area contributed by atoms with Gasteiger partial charge in [-0.25, -0.2) is 9.66 Å². The van der Waals surface area contributed by atoms with Gasteiger partial charge < -0.3 is 5.84 Å². The van der Waals surface area contributed by atoms with Crippen LogP contribution in [-0.4, -0.2) is 24.3 Å². The maximum absolute atomic E-state index is 12.2. The molecule has 3 heterocycles. The van der Waals surface area contributed by atoms with E-state index in [1.54, 1.807) is 10.5 Å². The number of nitrogens with two attached hydrogens (primary N) is 1. The predicted octanol–water partition coefficient (Wildman–Crippen LogP) is 2.64. The molecule has 0 radical (unpaired) electrons. The fourth-order valence-corrected chi connectivity index (χ4v) is 4.23. The minimum absolute atomic E-state index is 0.0705. The van der Waals surface area contributed by atoms with Crippen molar-refractivity contribution < 1.29 is 0 Å². The van der Waals surface area contributed by atoms with E-state index in [9.17, 15) is 4.79 Å². The molecule has 132 valence electrons. The minimum Gasteiger partial charge on any atom is -0.335 e. The van der Waals surface area contributed by atoms with Crippen LogP contribution in [0, 0.1) is 13.8 Å². The molecule has 0 bridgehead atoms. The molecule has 0 unspecified atom stereocenters. The number of hydrogen-bond acceptors (Lipinski definition) is 7. The summed E-state index contributed by atoms with van der Waals surface area (Å²) in [7, 11) is 0. The lowest BCUT2D eigenvalue weighted by molar-refractivity contribution is 0.848. The summed E-state index contributed by atoms with van der Waals surface area (Å²) in [4.78, 5) is 17.5. The SMILES string of the molecule is Cc1ccc(-c2nnc(SCc3cc(=O)n4c(C)csc4n3)n2N)cc1. The van der Waals surface area contributed by atoms with E-state index in [1.807, 2.05) is 43.5 Å². The quantitative estimate of drug-likeness (QED) is 0.430. The van der Waals surface area contributed by atoms with Gasteiger partial charge in [0.25, 0.3) is 5.56 Å². The molecule has 0 atom stereocenters. The number of thiazole rings is 1. The molecule has 0 aliphatic carbocycles. The zero-order valence-corrected chi connectivity index (χ0v) is 15.8. The second kappa shape index (κ2) is 6.58. The van der Waals surface area contributed by atoms with E-state index >= 15 is 0 Å². The van der Waals surface area contributed by atoms with Gasteiger partial charge in [0, 0.05) is 28.5 Å². The van der Waals surface area contributed by atoms with Crippen LogP contribution >= 0.6 is 23.1 Å². The summed E-state index contributed by atoms with van der Waals surface area (Å²) in [6.07, 6.45) is 0. The lowest BCUT2D eigenvalue weighted by Crippen LogP contribution is -2.15. The number of nitrogen functional groups attached to an aromatic ring is 1. The molecule has 1 aromatic carbocycles. The monoisotopic (exact) mass is 384 g/mol. The van der Waals surface area contributed by atoms with Crippen LogP contribution in [0.5, 0.6) is 0 Å². The molecule has 3 aromatic heterocycles. The molecule has 0 amide bonds. The van der Waals surface area contributed by atoms with Crippen molar-refractivity contribution in [3.8, 4) is 11.4 Å². The molecule has 0 aliphatic heterocycles. The summed E-state index contributed by atoms with van der Waals surface area (Å²) in [6, 6.07) is 9.50. The minimum atomic E-state index is -0.0705. The summed E-state index contributed by atoms with van der Waals surface area (Å²) in [6.45, 7) is 3.92. The van der Waals surface area contributed by atoms with Gasteiger partial charge >= 0.3 is 0 Å². The Balaban J connectivity index is 1.57. The first kappa shape index (κ1) is 16.8. The second-order valence-corrected chi connectivity index (χ2v) is 7.69. The van der Waals surface area contributed by atoms with Gasteiger partial charge in [-0.1, -0.05) is 41.6 Å². The number of aromatic nitrogens is 5. The standard InChI is InChI=1S/C17H16N6OS2/c1-10-3-5-12(6-4-10)15-20-21-17(23(15)18)26-9-13-7-14(24)22-11(2)8-25-16(22)19-13/h3-8H,9,18H2,1-2H3. The molecule has 0 saturated heterocycles. The van der Waals surface area contributed by atoms with Crippen molar-refractivity contribution in [2.24, 2.45) is 0 Å². The molecule has 26 heavy (non-hydrogen) atoms. The largest absolute Gasteiger partial charge is 0.335 e. The van der Waals surface area contributed by atoms with Gasteiger partial charge in [0.15, 0.2) is 10.8 Å². The smallest absolute Gasteiger partial charge is 0.258 e. The average Bonchev–Trinajstić information content (AvgIpc) is 3.17. The van der Waals surface area contributed by atoms with E-state index in [0.717, 1.165) is 11.3 Å². The first-order valence-electron chi connectivity index (χ1n) is 7.90. The first-order valence-corrected chi connectivity index (χ1v) is 9.76. The van der Waals surface area contributed by atoms with Gasteiger partial charge in [0.2, 0.25) is 5.16 Å². The van der Waals surface area contributed by atoms with E-state index < -0.39 is 0 Å². The van der Waals surface area contributed by atoms with E-state index in [0.29, 0.717) is 27.4 Å². The maximum atomic E-state index is 12.2. The Labute approximate surface area is 157 Å². The number of rotatable bonds is 4. The van der Waals surface area contributed by atoms with E-state index in [2.05, 4.69) is 15.2 Å². The Morgan fingerprint density at radius 2 is 1.96 bits per heavy atom. The zero-order chi connectivity index (χ0) is 18.3. The van der Waals surface area contributed by atoms with Gasteiger partial charge in [0.05, 0.1) is 5.69 Å². The zero-order valence-electron chi connectivity index (χ0n) is 14.2. The molecule has 9 heteroatoms. The van der Waals surface area contributed by atoms with Crippen LogP contribution < -0.4 is 11.4 Å². The molecule has 7 nitrogen and oxygen atoms in total. The summed E-state index contributed by atoms with van der Waals surface area (Å²) in [5.74, 6) is 7.24. The third kappa shape index (κ3) is 2.99. The molecule has 0 aliphatic rings. The van der Waals surface area contributed by atoms with Crippen molar-refractivity contribution in [1.29, 1.82) is 0 Å². The molecule has 0 fully saturated rings. The highest BCUT2D eigenvalue weighted by molar-refractivity contribution is 7.98. The topological polar surface area (TPSA) is 91.1 Å². The predicted molar refractivity (Wildman–Crippen MR) is 104 cm³/mol. The van der Waals surface area contributed by atoms with Crippen LogP contribution in [0.3, 0.4) is 0 Å². The highest BCUT2D eigenvalue weighted by atomic mass is 32.2. The van der Waals surface area contributed by atoms with E-state index in [4.69, 9.17) is 5.84 Å². The third-order valence-electron chi connectivity index (χ3n) is 3.95. The van der Waals surface area contributed by atoms with Crippen LogP contribution in [0.15, 0.2) is 45.7 Å². The van der Waals surface area contributed by atoms with Crippen LogP contribution in [0.25, 0.3) is 16.3 Å². The Hall–Kier alpha value is -2.65. The highest BCUT2D eigenvalue weighted by Crippen LogP contribution is 2.24. The maximum Gasteiger partial charge on any atom is 0.258 e. The van der Waals surface area contributed by atoms with Crippen molar-refractivity contribution in [2.75, 3.05) is 5.84 Å². The van der Waals surface area contributed by atoms with Crippen LogP contribution in [0.4, 0.5) is 0 Å². The number of hydrogen-bond donors (Lipinski definition) is 1. The summed E-state index contributed by atoms with van der Waals surface area (Å²) in [5, 5.41) is 10.8. The van der Waals surface area contributed by atoms with Gasteiger partial charge in [-0.2, -0.15) is 0 Å². The van der Waals surface area contributed by atoms with Crippen molar-refractivity contribution in [2.45, 2.75) is 24.8 Å². The van der Waals surface area contributed by atoms with Crippen molar-refractivity contribution in [3.05, 3.63) is 63.0 Å². The number of benzene rings is 1. The van der Waals surface area contributed by atoms with E-state index in [-0.39, 0.29) is 5.56 Å². The normalized spacial score (nSPS) is 11.3. The van der Waals surface area contributed by atoms with Crippen molar-refractivity contribution >= 4 is 28.1 Å². The Morgan fingerprint density at radius 1 is 1.19 bits per heavy atom. The molecular formula is C17H16N6OS2. The van der Waals surface area contributed by atoms with Gasteiger partial charge in [0.1, 0.15) is 0 Å². The number of aryl methyl sites for hydroxylation is 2. The fraction of sp³-hybridized carbons (Fsp3) is 0.176. The first-order chi connectivity index (χ1) is 12.5. The lowest BCUT2D eigenvalue weighted by atomic mass is 10.1. The van der Waals surface area contributed by atoms with Gasteiger partial charge in [-0.05, 0) is 13.8 Å². The number of nitrogens with zero attached hydrogens (tertiary/aromatic N) is 5. The van der Waals surface area contributed by atoms with Gasteiger partial charge in [-0.15, -0.1) is 21.5 Å². The highest BCUT2D eigenvalue weighted by Gasteiger charge is 2.13. The van der Waals surface area contributed by atoms with Crippen LogP contribution in [-0.2, 0) is 5.75 Å². The molecule has 0 spiro atoms.